The fourth-order valence-electron chi connectivity index (χ4n) is 4.28. The third kappa shape index (κ3) is 2.82. The molecule has 0 unspecified atom stereocenters. The molecule has 0 aliphatic carbocycles. The molecule has 0 bridgehead atoms. The van der Waals surface area contributed by atoms with Gasteiger partial charge in [-0.25, -0.2) is 51.9 Å². The highest BCUT2D eigenvalue weighted by Crippen LogP contribution is 2.33. The van der Waals surface area contributed by atoms with E-state index >= 15 is 0 Å². The highest BCUT2D eigenvalue weighted by Gasteiger charge is 2.20. The van der Waals surface area contributed by atoms with Crippen molar-refractivity contribution in [2.24, 2.45) is 0 Å². The van der Waals surface area contributed by atoms with Crippen molar-refractivity contribution < 1.29 is 22.0 Å². The second kappa shape index (κ2) is 6.94. The minimum Gasteiger partial charge on any atom is -0.242 e. The van der Waals surface area contributed by atoms with Crippen LogP contribution < -0.4 is 0 Å². The predicted octanol–water partition coefficient (Wildman–Crippen LogP) is 5.98. The fourth-order valence-corrected chi connectivity index (χ4v) is 4.28. The summed E-state index contributed by atoms with van der Waals surface area (Å²) in [5.74, 6) is -4.94. The molecule has 36 heavy (non-hydrogen) atoms. The van der Waals surface area contributed by atoms with Gasteiger partial charge in [-0.3, -0.25) is 0 Å². The van der Waals surface area contributed by atoms with Crippen LogP contribution in [0.25, 0.3) is 66.2 Å². The second-order valence-corrected chi connectivity index (χ2v) is 8.36. The molecule has 0 spiro atoms. The SMILES string of the molecule is Cc1cc2nc3c(nc2cc1F)c1nc2cc(F)c(F)cc2nc1c1nc2cc(F)c(F)cc2nc31. The Labute approximate surface area is 196 Å². The molecule has 0 radical (unpaired) electrons. The standard InChI is InChI=1S/C25H9F5N6/c1-8-2-14-15(3-9(8)26)32-21-20(31-14)22-24(35-17-5-11(28)10(27)4-16(17)33-22)25-23(21)34-18-6-12(29)13(30)7-19(18)36-25/h2-7H,1H3. The first-order chi connectivity index (χ1) is 17.3. The fraction of sp³-hybridized carbons (Fsp3) is 0.0400. The highest BCUT2D eigenvalue weighted by atomic mass is 19.2. The first-order valence-corrected chi connectivity index (χ1v) is 10.6. The van der Waals surface area contributed by atoms with E-state index in [4.69, 9.17) is 0 Å². The maximum absolute atomic E-state index is 14.3. The van der Waals surface area contributed by atoms with Crippen molar-refractivity contribution >= 4 is 66.2 Å². The summed E-state index contributed by atoms with van der Waals surface area (Å²) < 4.78 is 70.1. The van der Waals surface area contributed by atoms with Crippen molar-refractivity contribution in [3.63, 3.8) is 0 Å². The van der Waals surface area contributed by atoms with Gasteiger partial charge in [0.25, 0.3) is 0 Å². The van der Waals surface area contributed by atoms with Crippen LogP contribution >= 0.6 is 0 Å². The number of aryl methyl sites for hydroxylation is 1. The van der Waals surface area contributed by atoms with Gasteiger partial charge in [0.1, 0.15) is 38.9 Å². The van der Waals surface area contributed by atoms with E-state index in [-0.39, 0.29) is 60.7 Å². The lowest BCUT2D eigenvalue weighted by Crippen LogP contribution is -2.00. The Kier molecular flexibility index (Phi) is 3.99. The average Bonchev–Trinajstić information content (AvgIpc) is 2.84. The van der Waals surface area contributed by atoms with Crippen LogP contribution in [-0.2, 0) is 0 Å². The summed E-state index contributed by atoms with van der Waals surface area (Å²) in [6.07, 6.45) is 0. The molecule has 7 rings (SSSR count). The topological polar surface area (TPSA) is 77.3 Å². The van der Waals surface area contributed by atoms with Gasteiger partial charge in [-0.05, 0) is 18.6 Å². The van der Waals surface area contributed by atoms with E-state index in [0.717, 1.165) is 24.3 Å². The maximum atomic E-state index is 14.3. The molecule has 174 valence electrons. The summed E-state index contributed by atoms with van der Waals surface area (Å²) in [6, 6.07) is 6.33. The third-order valence-corrected chi connectivity index (χ3v) is 6.03. The minimum atomic E-state index is -1.12. The van der Waals surface area contributed by atoms with Gasteiger partial charge in [0, 0.05) is 30.3 Å². The molecule has 0 aliphatic heterocycles. The molecule has 0 saturated heterocycles. The summed E-state index contributed by atoms with van der Waals surface area (Å²) in [4.78, 5) is 27.0. The summed E-state index contributed by atoms with van der Waals surface area (Å²) in [7, 11) is 0. The molecular weight excluding hydrogens is 479 g/mol. The van der Waals surface area contributed by atoms with Crippen LogP contribution in [0.1, 0.15) is 5.56 Å². The Morgan fingerprint density at radius 1 is 0.361 bits per heavy atom. The molecule has 4 aromatic carbocycles. The number of hydrogen-bond acceptors (Lipinski definition) is 6. The molecule has 0 N–H and O–H groups in total. The summed E-state index contributed by atoms with van der Waals surface area (Å²) in [6.45, 7) is 1.58. The Morgan fingerprint density at radius 3 is 0.861 bits per heavy atom. The number of fused-ring (bicyclic) bond motifs is 9. The molecule has 0 aliphatic rings. The van der Waals surface area contributed by atoms with E-state index < -0.39 is 29.1 Å². The zero-order chi connectivity index (χ0) is 24.9. The molecule has 0 atom stereocenters. The van der Waals surface area contributed by atoms with Gasteiger partial charge in [-0.15, -0.1) is 0 Å². The van der Waals surface area contributed by atoms with Gasteiger partial charge in [0.05, 0.1) is 33.1 Å². The van der Waals surface area contributed by atoms with Crippen molar-refractivity contribution in [3.05, 3.63) is 71.0 Å². The molecule has 3 heterocycles. The van der Waals surface area contributed by atoms with E-state index in [9.17, 15) is 22.0 Å². The third-order valence-electron chi connectivity index (χ3n) is 6.03. The van der Waals surface area contributed by atoms with Gasteiger partial charge in [0.15, 0.2) is 23.3 Å². The lowest BCUT2D eigenvalue weighted by Gasteiger charge is -2.11. The van der Waals surface area contributed by atoms with Crippen molar-refractivity contribution in [1.82, 2.24) is 29.9 Å². The predicted molar refractivity (Wildman–Crippen MR) is 123 cm³/mol. The average molecular weight is 488 g/mol. The van der Waals surface area contributed by atoms with Crippen LogP contribution in [0.5, 0.6) is 0 Å². The van der Waals surface area contributed by atoms with E-state index in [1.165, 1.54) is 12.1 Å². The van der Waals surface area contributed by atoms with Gasteiger partial charge in [-0.1, -0.05) is 0 Å². The van der Waals surface area contributed by atoms with Gasteiger partial charge >= 0.3 is 0 Å². The molecule has 3 aromatic heterocycles. The molecule has 7 aromatic rings. The van der Waals surface area contributed by atoms with Crippen molar-refractivity contribution in [2.45, 2.75) is 6.92 Å². The monoisotopic (exact) mass is 488 g/mol. The quantitative estimate of drug-likeness (QED) is 0.149. The number of hydrogen-bond donors (Lipinski definition) is 0. The Bertz CT molecular complexity index is 1710. The van der Waals surface area contributed by atoms with Crippen LogP contribution in [0.4, 0.5) is 22.0 Å². The van der Waals surface area contributed by atoms with Gasteiger partial charge < -0.3 is 0 Å². The minimum absolute atomic E-state index is 0.0321. The number of halogens is 5. The zero-order valence-electron chi connectivity index (χ0n) is 18.0. The summed E-state index contributed by atoms with van der Waals surface area (Å²) >= 11 is 0. The summed E-state index contributed by atoms with van der Waals surface area (Å²) in [5.41, 5.74) is 1.97. The van der Waals surface area contributed by atoms with E-state index in [1.807, 2.05) is 0 Å². The van der Waals surface area contributed by atoms with Crippen molar-refractivity contribution in [1.29, 1.82) is 0 Å². The zero-order valence-corrected chi connectivity index (χ0v) is 18.0. The van der Waals surface area contributed by atoms with Crippen LogP contribution in [-0.4, -0.2) is 29.9 Å². The van der Waals surface area contributed by atoms with Crippen LogP contribution in [0, 0.1) is 36.0 Å². The second-order valence-electron chi connectivity index (χ2n) is 8.36. The molecule has 0 fully saturated rings. The molecule has 0 amide bonds. The first-order valence-electron chi connectivity index (χ1n) is 10.6. The smallest absolute Gasteiger partial charge is 0.161 e. The summed E-state index contributed by atoms with van der Waals surface area (Å²) in [5, 5.41) is 0. The first kappa shape index (κ1) is 20.7. The van der Waals surface area contributed by atoms with Gasteiger partial charge in [0.2, 0.25) is 0 Å². The van der Waals surface area contributed by atoms with E-state index in [1.54, 1.807) is 6.92 Å². The van der Waals surface area contributed by atoms with Crippen LogP contribution in [0.2, 0.25) is 0 Å². The Morgan fingerprint density at radius 2 is 0.583 bits per heavy atom. The van der Waals surface area contributed by atoms with Crippen LogP contribution in [0.3, 0.4) is 0 Å². The molecular formula is C25H9F5N6. The number of aromatic nitrogens is 6. The molecule has 6 nitrogen and oxygen atoms in total. The Hall–Kier alpha value is -4.67. The number of benzene rings is 4. The largest absolute Gasteiger partial charge is 0.242 e. The highest BCUT2D eigenvalue weighted by molar-refractivity contribution is 6.20. The van der Waals surface area contributed by atoms with Crippen molar-refractivity contribution in [3.8, 4) is 0 Å². The van der Waals surface area contributed by atoms with Gasteiger partial charge in [-0.2, -0.15) is 0 Å². The lowest BCUT2D eigenvalue weighted by molar-refractivity contribution is 0.510. The number of rotatable bonds is 0. The maximum Gasteiger partial charge on any atom is 0.161 e. The Balaban J connectivity index is 1.76. The van der Waals surface area contributed by atoms with Crippen molar-refractivity contribution in [2.75, 3.05) is 0 Å². The number of nitrogens with zero attached hydrogens (tertiary/aromatic N) is 6. The molecule has 0 saturated carbocycles. The van der Waals surface area contributed by atoms with E-state index in [2.05, 4.69) is 29.9 Å². The molecule has 11 heteroatoms. The lowest BCUT2D eigenvalue weighted by atomic mass is 10.1. The van der Waals surface area contributed by atoms with E-state index in [0.29, 0.717) is 11.1 Å². The van der Waals surface area contributed by atoms with Crippen LogP contribution in [0.15, 0.2) is 36.4 Å². The normalized spacial score (nSPS) is 12.2.